The number of hydrogen-bond acceptors (Lipinski definition) is 4. The van der Waals surface area contributed by atoms with E-state index in [2.05, 4.69) is 10.3 Å². The summed E-state index contributed by atoms with van der Waals surface area (Å²) in [5, 5.41) is 3.13. The molecule has 6 heteroatoms. The first-order valence-corrected chi connectivity index (χ1v) is 7.31. The van der Waals surface area contributed by atoms with Gasteiger partial charge < -0.3 is 15.8 Å². The first-order chi connectivity index (χ1) is 9.58. The number of aromatic nitrogens is 1. The number of carbonyl (C=O) groups is 1. The number of pyridine rings is 1. The number of aryl methyl sites for hydroxylation is 2. The van der Waals surface area contributed by atoms with Gasteiger partial charge in [-0.1, -0.05) is 11.6 Å². The molecule has 0 fully saturated rings. The normalized spacial score (nSPS) is 12.9. The molecule has 0 aliphatic carbocycles. The maximum Gasteiger partial charge on any atom is 0.407 e. The van der Waals surface area contributed by atoms with Gasteiger partial charge in [0.1, 0.15) is 10.8 Å². The molecule has 5 nitrogen and oxygen atoms in total. The van der Waals surface area contributed by atoms with E-state index in [9.17, 15) is 4.79 Å². The van der Waals surface area contributed by atoms with Crippen LogP contribution in [-0.2, 0) is 11.2 Å². The fourth-order valence-electron chi connectivity index (χ4n) is 1.93. The lowest BCUT2D eigenvalue weighted by molar-refractivity contribution is 0.0524. The Hall–Kier alpha value is -1.33. The summed E-state index contributed by atoms with van der Waals surface area (Å²) in [6.45, 7) is 9.63. The van der Waals surface area contributed by atoms with E-state index < -0.39 is 11.7 Å². The fourth-order valence-corrected chi connectivity index (χ4v) is 2.29. The van der Waals surface area contributed by atoms with E-state index in [4.69, 9.17) is 22.1 Å². The molecule has 1 aromatic rings. The van der Waals surface area contributed by atoms with Gasteiger partial charge in [-0.3, -0.25) is 0 Å². The molecule has 0 aliphatic heterocycles. The molecule has 1 atom stereocenters. The number of rotatable bonds is 4. The SMILES string of the molecule is Cc1cc(C)c(CC(N)CNC(=O)OC(C)(C)C)c(Cl)n1. The molecule has 1 heterocycles. The van der Waals surface area contributed by atoms with Gasteiger partial charge in [0.05, 0.1) is 0 Å². The van der Waals surface area contributed by atoms with Gasteiger partial charge >= 0.3 is 6.09 Å². The molecule has 0 spiro atoms. The van der Waals surface area contributed by atoms with Crippen LogP contribution >= 0.6 is 11.6 Å². The summed E-state index contributed by atoms with van der Waals surface area (Å²) >= 11 is 6.15. The molecule has 1 rings (SSSR count). The van der Waals surface area contributed by atoms with Crippen molar-refractivity contribution >= 4 is 17.7 Å². The lowest BCUT2D eigenvalue weighted by Gasteiger charge is -2.21. The molecule has 0 bridgehead atoms. The van der Waals surface area contributed by atoms with Gasteiger partial charge in [0.2, 0.25) is 0 Å². The van der Waals surface area contributed by atoms with E-state index in [0.29, 0.717) is 18.1 Å². The van der Waals surface area contributed by atoms with Gasteiger partial charge in [0, 0.05) is 18.3 Å². The number of nitrogens with two attached hydrogens (primary N) is 1. The first-order valence-electron chi connectivity index (χ1n) is 6.93. The minimum Gasteiger partial charge on any atom is -0.444 e. The third-order valence-electron chi connectivity index (χ3n) is 2.80. The number of alkyl carbamates (subject to hydrolysis) is 1. The second-order valence-electron chi connectivity index (χ2n) is 6.20. The van der Waals surface area contributed by atoms with Crippen molar-refractivity contribution in [2.24, 2.45) is 5.73 Å². The van der Waals surface area contributed by atoms with Gasteiger partial charge in [-0.15, -0.1) is 0 Å². The zero-order valence-corrected chi connectivity index (χ0v) is 14.0. The van der Waals surface area contributed by atoms with Crippen LogP contribution in [0.25, 0.3) is 0 Å². The van der Waals surface area contributed by atoms with Crippen LogP contribution in [0.4, 0.5) is 4.79 Å². The summed E-state index contributed by atoms with van der Waals surface area (Å²) in [5.74, 6) is 0. The van der Waals surface area contributed by atoms with Crippen molar-refractivity contribution in [1.82, 2.24) is 10.3 Å². The van der Waals surface area contributed by atoms with Crippen LogP contribution in [0.3, 0.4) is 0 Å². The van der Waals surface area contributed by atoms with Crippen molar-refractivity contribution in [3.05, 3.63) is 28.0 Å². The molecular formula is C15H24ClN3O2. The third kappa shape index (κ3) is 6.31. The topological polar surface area (TPSA) is 77.2 Å². The lowest BCUT2D eigenvalue weighted by atomic mass is 10.0. The summed E-state index contributed by atoms with van der Waals surface area (Å²) in [6.07, 6.45) is 0.0797. The molecule has 0 aromatic carbocycles. The highest BCUT2D eigenvalue weighted by Crippen LogP contribution is 2.19. The van der Waals surface area contributed by atoms with Gasteiger partial charge in [-0.05, 0) is 58.2 Å². The van der Waals surface area contributed by atoms with Crippen LogP contribution in [0.1, 0.15) is 37.6 Å². The molecule has 0 radical (unpaired) electrons. The van der Waals surface area contributed by atoms with Crippen LogP contribution in [0.2, 0.25) is 5.15 Å². The Balaban J connectivity index is 2.55. The zero-order chi connectivity index (χ0) is 16.2. The summed E-state index contributed by atoms with van der Waals surface area (Å²) in [4.78, 5) is 15.8. The summed E-state index contributed by atoms with van der Waals surface area (Å²) in [7, 11) is 0. The molecule has 21 heavy (non-hydrogen) atoms. The van der Waals surface area contributed by atoms with Gasteiger partial charge in [0.15, 0.2) is 0 Å². The Morgan fingerprint density at radius 3 is 2.62 bits per heavy atom. The van der Waals surface area contributed by atoms with E-state index in [1.54, 1.807) is 0 Å². The number of hydrogen-bond donors (Lipinski definition) is 2. The zero-order valence-electron chi connectivity index (χ0n) is 13.3. The van der Waals surface area contributed by atoms with Crippen molar-refractivity contribution in [2.75, 3.05) is 6.54 Å². The third-order valence-corrected chi connectivity index (χ3v) is 3.11. The highest BCUT2D eigenvalue weighted by molar-refractivity contribution is 6.30. The molecule has 1 amide bonds. The maximum absolute atomic E-state index is 11.6. The second kappa shape index (κ2) is 7.09. The lowest BCUT2D eigenvalue weighted by Crippen LogP contribution is -2.41. The van der Waals surface area contributed by atoms with Crippen LogP contribution in [-0.4, -0.2) is 29.3 Å². The Morgan fingerprint density at radius 2 is 2.10 bits per heavy atom. The largest absolute Gasteiger partial charge is 0.444 e. The van der Waals surface area contributed by atoms with E-state index in [1.165, 1.54) is 0 Å². The smallest absolute Gasteiger partial charge is 0.407 e. The van der Waals surface area contributed by atoms with Crippen molar-refractivity contribution in [3.8, 4) is 0 Å². The second-order valence-corrected chi connectivity index (χ2v) is 6.55. The fraction of sp³-hybridized carbons (Fsp3) is 0.600. The van der Waals surface area contributed by atoms with Crippen molar-refractivity contribution in [1.29, 1.82) is 0 Å². The molecule has 1 aromatic heterocycles. The number of carbonyl (C=O) groups excluding carboxylic acids is 1. The molecule has 118 valence electrons. The first kappa shape index (κ1) is 17.7. The van der Waals surface area contributed by atoms with Crippen molar-refractivity contribution in [3.63, 3.8) is 0 Å². The molecule has 0 saturated heterocycles. The predicted octanol–water partition coefficient (Wildman–Crippen LogP) is 2.75. The van der Waals surface area contributed by atoms with E-state index in [1.807, 2.05) is 40.7 Å². The minimum atomic E-state index is -0.519. The summed E-state index contributed by atoms with van der Waals surface area (Å²) in [5.41, 5.74) is 8.37. The Labute approximate surface area is 131 Å². The van der Waals surface area contributed by atoms with Gasteiger partial charge in [-0.25, -0.2) is 9.78 Å². The average molecular weight is 314 g/mol. The molecule has 0 saturated carbocycles. The Bertz CT molecular complexity index is 489. The number of nitrogens with zero attached hydrogens (tertiary/aromatic N) is 1. The molecular weight excluding hydrogens is 290 g/mol. The molecule has 3 N–H and O–H groups in total. The average Bonchev–Trinajstić information content (AvgIpc) is 2.29. The maximum atomic E-state index is 11.6. The van der Waals surface area contributed by atoms with Gasteiger partial charge in [0.25, 0.3) is 0 Å². The minimum absolute atomic E-state index is 0.252. The summed E-state index contributed by atoms with van der Waals surface area (Å²) < 4.78 is 5.16. The highest BCUT2D eigenvalue weighted by Gasteiger charge is 2.17. The predicted molar refractivity (Wildman–Crippen MR) is 84.6 cm³/mol. The summed E-state index contributed by atoms with van der Waals surface area (Å²) in [6, 6.07) is 1.72. The van der Waals surface area contributed by atoms with Crippen LogP contribution < -0.4 is 11.1 Å². The monoisotopic (exact) mass is 313 g/mol. The highest BCUT2D eigenvalue weighted by atomic mass is 35.5. The van der Waals surface area contributed by atoms with E-state index >= 15 is 0 Å². The number of halogens is 1. The molecule has 1 unspecified atom stereocenters. The van der Waals surface area contributed by atoms with Crippen molar-refractivity contribution in [2.45, 2.75) is 52.7 Å². The number of nitrogens with one attached hydrogen (secondary N) is 1. The van der Waals surface area contributed by atoms with E-state index in [-0.39, 0.29) is 6.04 Å². The van der Waals surface area contributed by atoms with Crippen LogP contribution in [0.15, 0.2) is 6.07 Å². The van der Waals surface area contributed by atoms with E-state index in [0.717, 1.165) is 16.8 Å². The Kier molecular flexibility index (Phi) is 5.98. The van der Waals surface area contributed by atoms with Crippen LogP contribution in [0, 0.1) is 13.8 Å². The van der Waals surface area contributed by atoms with Gasteiger partial charge in [-0.2, -0.15) is 0 Å². The number of ether oxygens (including phenoxy) is 1. The number of amides is 1. The molecule has 0 aliphatic rings. The quantitative estimate of drug-likeness (QED) is 0.838. The Morgan fingerprint density at radius 1 is 1.48 bits per heavy atom. The van der Waals surface area contributed by atoms with Crippen LogP contribution in [0.5, 0.6) is 0 Å². The van der Waals surface area contributed by atoms with Crippen molar-refractivity contribution < 1.29 is 9.53 Å². The standard InChI is InChI=1S/C15H24ClN3O2/c1-9-6-10(2)19-13(16)12(9)7-11(17)8-18-14(20)21-15(3,4)5/h6,11H,7-8,17H2,1-5H3,(H,18,20).